The molecule has 0 aromatic heterocycles. The Hall–Kier alpha value is 2.28. The molecule has 0 fully saturated rings. The summed E-state index contributed by atoms with van der Waals surface area (Å²) >= 11 is 28.8. The van der Waals surface area contributed by atoms with Gasteiger partial charge in [0.2, 0.25) is 0 Å². The molecule has 0 spiro atoms. The summed E-state index contributed by atoms with van der Waals surface area (Å²) in [6, 6.07) is 4.27. The summed E-state index contributed by atoms with van der Waals surface area (Å²) in [5.74, 6) is 0. The number of hydrogen-bond acceptors (Lipinski definition) is 0. The first-order valence-electron chi connectivity index (χ1n) is 5.87. The Kier molecular flexibility index (Phi) is 8.22. The highest BCUT2D eigenvalue weighted by atomic mass is 79.9. The van der Waals surface area contributed by atoms with E-state index in [1.54, 1.807) is 0 Å². The van der Waals surface area contributed by atoms with Crippen LogP contribution in [0.4, 0.5) is 0 Å². The van der Waals surface area contributed by atoms with Crippen LogP contribution in [0.25, 0.3) is 0 Å². The zero-order chi connectivity index (χ0) is 16.6. The smallest absolute Gasteiger partial charge is 0.0473 e. The van der Waals surface area contributed by atoms with Gasteiger partial charge in [0.15, 0.2) is 0 Å². The summed E-state index contributed by atoms with van der Waals surface area (Å²) in [6.45, 7) is 0. The van der Waals surface area contributed by atoms with Crippen LogP contribution in [-0.4, -0.2) is 0 Å². The molecule has 0 heterocycles. The maximum Gasteiger partial charge on any atom is 0.0473 e. The fourth-order valence-electron chi connectivity index (χ4n) is 1.88. The van der Waals surface area contributed by atoms with Crippen LogP contribution in [0.3, 0.4) is 0 Å². The van der Waals surface area contributed by atoms with Gasteiger partial charge < -0.3 is 0 Å². The van der Waals surface area contributed by atoms with Gasteiger partial charge in [-0.3, -0.25) is 0 Å². The van der Waals surface area contributed by atoms with Crippen molar-refractivity contribution >= 4 is 127 Å². The van der Waals surface area contributed by atoms with Gasteiger partial charge in [-0.25, -0.2) is 0 Å². The molecule has 0 unspecified atom stereocenters. The quantitative estimate of drug-likeness (QED) is 0.214. The average molecular weight is 813 g/mol. The van der Waals surface area contributed by atoms with E-state index in [0.29, 0.717) is 0 Å². The molecule has 2 rings (SSSR count). The van der Waals surface area contributed by atoms with Crippen molar-refractivity contribution in [3.05, 3.63) is 59.0 Å². The molecule has 0 atom stereocenters. The first-order chi connectivity index (χ1) is 10.2. The molecular formula is C14H6Br8. The lowest BCUT2D eigenvalue weighted by Crippen LogP contribution is -1.96. The minimum Gasteiger partial charge on any atom is -0.0496 e. The van der Waals surface area contributed by atoms with E-state index in [1.165, 1.54) is 11.1 Å². The van der Waals surface area contributed by atoms with E-state index in [4.69, 9.17) is 0 Å². The van der Waals surface area contributed by atoms with Gasteiger partial charge in [0.1, 0.15) is 0 Å². The molecular weight excluding hydrogens is 807 g/mol. The summed E-state index contributed by atoms with van der Waals surface area (Å²) in [6.07, 6.45) is 1.84. The summed E-state index contributed by atoms with van der Waals surface area (Å²) in [5.41, 5.74) is 2.48. The van der Waals surface area contributed by atoms with Crippen LogP contribution in [0.5, 0.6) is 0 Å². The van der Waals surface area contributed by atoms with Crippen molar-refractivity contribution in [2.24, 2.45) is 0 Å². The normalized spacial score (nSPS) is 11.1. The number of aryl methyl sites for hydroxylation is 2. The molecule has 2 aromatic carbocycles. The number of rotatable bonds is 3. The third kappa shape index (κ3) is 4.51. The van der Waals surface area contributed by atoms with Crippen molar-refractivity contribution in [3.8, 4) is 0 Å². The Balaban J connectivity index is 2.32. The van der Waals surface area contributed by atoms with Crippen molar-refractivity contribution in [2.45, 2.75) is 12.8 Å². The second-order valence-electron chi connectivity index (χ2n) is 4.42. The predicted molar refractivity (Wildman–Crippen MR) is 122 cm³/mol. The summed E-state index contributed by atoms with van der Waals surface area (Å²) < 4.78 is 8.30. The first kappa shape index (κ1) is 20.6. The third-order valence-electron chi connectivity index (χ3n) is 3.02. The predicted octanol–water partition coefficient (Wildman–Crippen LogP) is 9.57. The van der Waals surface area contributed by atoms with E-state index in [9.17, 15) is 0 Å². The summed E-state index contributed by atoms with van der Waals surface area (Å²) in [7, 11) is 0. The zero-order valence-electron chi connectivity index (χ0n) is 10.6. The van der Waals surface area contributed by atoms with Crippen molar-refractivity contribution in [3.63, 3.8) is 0 Å². The van der Waals surface area contributed by atoms with Gasteiger partial charge in [-0.15, -0.1) is 0 Å². The number of halogens is 8. The Labute approximate surface area is 196 Å². The number of hydrogen-bond donors (Lipinski definition) is 0. The molecule has 0 bridgehead atoms. The molecule has 0 saturated heterocycles. The molecule has 22 heavy (non-hydrogen) atoms. The van der Waals surface area contributed by atoms with Crippen molar-refractivity contribution in [2.75, 3.05) is 0 Å². The Morgan fingerprint density at radius 3 is 1.09 bits per heavy atom. The molecule has 8 heteroatoms. The highest BCUT2D eigenvalue weighted by molar-refractivity contribution is 9.15. The molecule has 2 aromatic rings. The van der Waals surface area contributed by atoms with E-state index in [0.717, 1.165) is 48.6 Å². The van der Waals surface area contributed by atoms with E-state index >= 15 is 0 Å². The Bertz CT molecular complexity index is 675. The van der Waals surface area contributed by atoms with Crippen LogP contribution in [-0.2, 0) is 12.8 Å². The van der Waals surface area contributed by atoms with Crippen LogP contribution < -0.4 is 0 Å². The molecule has 0 aliphatic rings. The van der Waals surface area contributed by atoms with Gasteiger partial charge in [-0.05, 0) is 164 Å². The van der Waals surface area contributed by atoms with E-state index in [-0.39, 0.29) is 0 Å². The lowest BCUT2D eigenvalue weighted by atomic mass is 10.0. The van der Waals surface area contributed by atoms with Gasteiger partial charge in [-0.1, -0.05) is 0 Å². The van der Waals surface area contributed by atoms with Crippen LogP contribution in [0.15, 0.2) is 47.9 Å². The molecule has 0 radical (unpaired) electrons. The fraction of sp³-hybridized carbons (Fsp3) is 0.143. The fourth-order valence-corrected chi connectivity index (χ4v) is 6.47. The van der Waals surface area contributed by atoms with Crippen molar-refractivity contribution in [1.29, 1.82) is 0 Å². The average Bonchev–Trinajstić information content (AvgIpc) is 2.49. The van der Waals surface area contributed by atoms with Crippen LogP contribution >= 0.6 is 127 Å². The van der Waals surface area contributed by atoms with E-state index < -0.39 is 0 Å². The Morgan fingerprint density at radius 2 is 0.773 bits per heavy atom. The molecule has 0 nitrogen and oxygen atoms in total. The standard InChI is InChI=1S/C14H6Br8/c15-7-3-5(9(17)13(21)11(7)19)1-2-6-4-8(16)12(20)14(22)10(6)18/h3-4H,1-2H2. The van der Waals surface area contributed by atoms with Gasteiger partial charge in [0.25, 0.3) is 0 Å². The second kappa shape index (κ2) is 8.78. The van der Waals surface area contributed by atoms with E-state index in [2.05, 4.69) is 140 Å². The number of benzene rings is 2. The minimum absolute atomic E-state index is 0.921. The van der Waals surface area contributed by atoms with Crippen molar-refractivity contribution < 1.29 is 0 Å². The summed E-state index contributed by atoms with van der Waals surface area (Å²) in [5, 5.41) is 0. The molecule has 0 saturated carbocycles. The molecule has 0 aliphatic carbocycles. The van der Waals surface area contributed by atoms with Gasteiger partial charge in [-0.2, -0.15) is 0 Å². The summed E-state index contributed by atoms with van der Waals surface area (Å²) in [4.78, 5) is 0. The van der Waals surface area contributed by atoms with Gasteiger partial charge >= 0.3 is 0 Å². The Morgan fingerprint density at radius 1 is 0.455 bits per heavy atom. The molecule has 0 N–H and O–H groups in total. The minimum atomic E-state index is 0.921. The third-order valence-corrected chi connectivity index (χ3v) is 12.5. The lowest BCUT2D eigenvalue weighted by Gasteiger charge is -2.13. The van der Waals surface area contributed by atoms with Crippen LogP contribution in [0, 0.1) is 0 Å². The monoisotopic (exact) mass is 805 g/mol. The molecule has 0 aliphatic heterocycles. The lowest BCUT2D eigenvalue weighted by molar-refractivity contribution is 0.942. The van der Waals surface area contributed by atoms with Gasteiger partial charge in [0.05, 0.1) is 0 Å². The maximum atomic E-state index is 3.66. The van der Waals surface area contributed by atoms with E-state index in [1.807, 2.05) is 0 Å². The van der Waals surface area contributed by atoms with Gasteiger partial charge in [0, 0.05) is 35.8 Å². The topological polar surface area (TPSA) is 0 Å². The molecule has 0 amide bonds. The highest BCUT2D eigenvalue weighted by Crippen LogP contribution is 2.41. The first-order valence-corrected chi connectivity index (χ1v) is 12.2. The van der Waals surface area contributed by atoms with Crippen LogP contribution in [0.1, 0.15) is 11.1 Å². The van der Waals surface area contributed by atoms with Crippen molar-refractivity contribution in [1.82, 2.24) is 0 Å². The highest BCUT2D eigenvalue weighted by Gasteiger charge is 2.15. The maximum absolute atomic E-state index is 3.66. The van der Waals surface area contributed by atoms with Crippen LogP contribution in [0.2, 0.25) is 0 Å². The second-order valence-corrected chi connectivity index (χ2v) is 10.9. The SMILES string of the molecule is Brc1cc(CCc2cc(Br)c(Br)c(Br)c2Br)c(Br)c(Br)c1Br. The molecule has 118 valence electrons. The zero-order valence-corrected chi connectivity index (χ0v) is 23.3. The largest absolute Gasteiger partial charge is 0.0496 e.